The maximum atomic E-state index is 10.6. The molecule has 0 aliphatic carbocycles. The zero-order valence-electron chi connectivity index (χ0n) is 8.07. The highest BCUT2D eigenvalue weighted by Gasteiger charge is 2.11. The number of hydrogen-bond acceptors (Lipinski definition) is 3. The first-order valence-electron chi connectivity index (χ1n) is 4.13. The summed E-state index contributed by atoms with van der Waals surface area (Å²) in [5.74, 6) is -0.435. The number of methoxy groups -OCH3 is 1. The molecule has 1 aromatic rings. The van der Waals surface area contributed by atoms with E-state index in [9.17, 15) is 9.90 Å². The van der Waals surface area contributed by atoms with Gasteiger partial charge in [-0.25, -0.2) is 0 Å². The Hall–Kier alpha value is -1.71. The topological polar surface area (TPSA) is 66.8 Å². The molecule has 0 fully saturated rings. The van der Waals surface area contributed by atoms with E-state index in [4.69, 9.17) is 9.84 Å². The summed E-state index contributed by atoms with van der Waals surface area (Å²) >= 11 is 0. The largest absolute Gasteiger partial charge is 0.508 e. The van der Waals surface area contributed by atoms with Gasteiger partial charge in [-0.2, -0.15) is 0 Å². The fraction of sp³-hybridized carbons (Fsp3) is 0.300. The lowest BCUT2D eigenvalue weighted by atomic mass is 10.0. The molecule has 76 valence electrons. The van der Waals surface area contributed by atoms with E-state index in [0.717, 1.165) is 0 Å². The van der Waals surface area contributed by atoms with Gasteiger partial charge in [0, 0.05) is 11.6 Å². The van der Waals surface area contributed by atoms with Gasteiger partial charge >= 0.3 is 5.97 Å². The molecular formula is C10H12O4. The third kappa shape index (κ3) is 2.16. The van der Waals surface area contributed by atoms with Crippen LogP contribution in [0.2, 0.25) is 0 Å². The number of aliphatic carboxylic acids is 1. The Labute approximate surface area is 81.8 Å². The summed E-state index contributed by atoms with van der Waals surface area (Å²) in [6.07, 6.45) is -0.102. The van der Waals surface area contributed by atoms with Gasteiger partial charge < -0.3 is 14.9 Å². The van der Waals surface area contributed by atoms with Crippen LogP contribution in [0, 0.1) is 6.92 Å². The number of ether oxygens (including phenoxy) is 1. The van der Waals surface area contributed by atoms with Gasteiger partial charge in [0.1, 0.15) is 11.5 Å². The van der Waals surface area contributed by atoms with Gasteiger partial charge in [0.2, 0.25) is 0 Å². The van der Waals surface area contributed by atoms with E-state index >= 15 is 0 Å². The van der Waals surface area contributed by atoms with Gasteiger partial charge in [0.15, 0.2) is 0 Å². The SMILES string of the molecule is COc1cc(O)cc(C)c1CC(=O)O. The molecule has 14 heavy (non-hydrogen) atoms. The van der Waals surface area contributed by atoms with E-state index in [2.05, 4.69) is 0 Å². The number of hydrogen-bond donors (Lipinski definition) is 2. The van der Waals surface area contributed by atoms with Crippen LogP contribution >= 0.6 is 0 Å². The summed E-state index contributed by atoms with van der Waals surface area (Å²) in [6.45, 7) is 1.74. The lowest BCUT2D eigenvalue weighted by molar-refractivity contribution is -0.136. The molecule has 1 rings (SSSR count). The van der Waals surface area contributed by atoms with Crippen LogP contribution in [0.5, 0.6) is 11.5 Å². The number of benzene rings is 1. The molecular weight excluding hydrogens is 184 g/mol. The summed E-state index contributed by atoms with van der Waals surface area (Å²) in [4.78, 5) is 10.6. The van der Waals surface area contributed by atoms with Crippen molar-refractivity contribution in [1.29, 1.82) is 0 Å². The molecule has 0 spiro atoms. The van der Waals surface area contributed by atoms with Gasteiger partial charge in [-0.15, -0.1) is 0 Å². The first-order valence-corrected chi connectivity index (χ1v) is 4.13. The van der Waals surface area contributed by atoms with Crippen LogP contribution in [0.15, 0.2) is 12.1 Å². The highest BCUT2D eigenvalue weighted by molar-refractivity contribution is 5.72. The normalized spacial score (nSPS) is 9.86. The minimum absolute atomic E-state index is 0.0773. The second-order valence-corrected chi connectivity index (χ2v) is 3.01. The quantitative estimate of drug-likeness (QED) is 0.765. The Kier molecular flexibility index (Phi) is 2.96. The van der Waals surface area contributed by atoms with Crippen LogP contribution in [-0.4, -0.2) is 23.3 Å². The van der Waals surface area contributed by atoms with Gasteiger partial charge in [0.05, 0.1) is 13.5 Å². The predicted molar refractivity (Wildman–Crippen MR) is 50.7 cm³/mol. The fourth-order valence-corrected chi connectivity index (χ4v) is 1.33. The number of carbonyl (C=O) groups is 1. The maximum Gasteiger partial charge on any atom is 0.307 e. The number of rotatable bonds is 3. The summed E-state index contributed by atoms with van der Waals surface area (Å²) in [5.41, 5.74) is 1.31. The zero-order chi connectivity index (χ0) is 10.7. The summed E-state index contributed by atoms with van der Waals surface area (Å²) in [6, 6.07) is 2.92. The van der Waals surface area contributed by atoms with Gasteiger partial charge in [0.25, 0.3) is 0 Å². The number of phenolic OH excluding ortho intramolecular Hbond substituents is 1. The molecule has 2 N–H and O–H groups in total. The van der Waals surface area contributed by atoms with E-state index in [-0.39, 0.29) is 12.2 Å². The van der Waals surface area contributed by atoms with Gasteiger partial charge in [-0.1, -0.05) is 0 Å². The average Bonchev–Trinajstić information content (AvgIpc) is 2.08. The van der Waals surface area contributed by atoms with Crippen LogP contribution in [-0.2, 0) is 11.2 Å². The molecule has 0 atom stereocenters. The van der Waals surface area contributed by atoms with Crippen LogP contribution < -0.4 is 4.74 Å². The predicted octanol–water partition coefficient (Wildman–Crippen LogP) is 1.34. The summed E-state index contributed by atoms with van der Waals surface area (Å²) in [7, 11) is 1.44. The van der Waals surface area contributed by atoms with Crippen molar-refractivity contribution in [3.8, 4) is 11.5 Å². The Bertz CT molecular complexity index is 357. The molecule has 0 bridgehead atoms. The van der Waals surface area contributed by atoms with Crippen molar-refractivity contribution < 1.29 is 19.7 Å². The Morgan fingerprint density at radius 1 is 1.50 bits per heavy atom. The van der Waals surface area contributed by atoms with E-state index in [1.165, 1.54) is 19.2 Å². The molecule has 0 saturated carbocycles. The van der Waals surface area contributed by atoms with Crippen LogP contribution in [0.1, 0.15) is 11.1 Å². The number of carboxylic acids is 1. The van der Waals surface area contributed by atoms with Crippen molar-refractivity contribution in [3.63, 3.8) is 0 Å². The van der Waals surface area contributed by atoms with Crippen molar-refractivity contribution in [2.45, 2.75) is 13.3 Å². The second-order valence-electron chi connectivity index (χ2n) is 3.01. The van der Waals surface area contributed by atoms with E-state index in [0.29, 0.717) is 16.9 Å². The Morgan fingerprint density at radius 3 is 2.64 bits per heavy atom. The van der Waals surface area contributed by atoms with E-state index < -0.39 is 5.97 Å². The summed E-state index contributed by atoms with van der Waals surface area (Å²) < 4.78 is 4.98. The average molecular weight is 196 g/mol. The third-order valence-corrected chi connectivity index (χ3v) is 1.96. The minimum atomic E-state index is -0.919. The Morgan fingerprint density at radius 2 is 2.14 bits per heavy atom. The first-order chi connectivity index (χ1) is 6.54. The number of aromatic hydroxyl groups is 1. The van der Waals surface area contributed by atoms with Crippen molar-refractivity contribution in [2.24, 2.45) is 0 Å². The number of phenols is 1. The van der Waals surface area contributed by atoms with E-state index in [1.807, 2.05) is 0 Å². The summed E-state index contributed by atoms with van der Waals surface area (Å²) in [5, 5.41) is 17.9. The molecule has 0 saturated heterocycles. The highest BCUT2D eigenvalue weighted by Crippen LogP contribution is 2.27. The minimum Gasteiger partial charge on any atom is -0.508 e. The molecule has 1 aromatic carbocycles. The molecule has 0 amide bonds. The Balaban J connectivity index is 3.18. The fourth-order valence-electron chi connectivity index (χ4n) is 1.33. The molecule has 4 nitrogen and oxygen atoms in total. The number of carboxylic acid groups (broad SMARTS) is 1. The van der Waals surface area contributed by atoms with Crippen LogP contribution in [0.25, 0.3) is 0 Å². The third-order valence-electron chi connectivity index (χ3n) is 1.96. The van der Waals surface area contributed by atoms with Crippen LogP contribution in [0.3, 0.4) is 0 Å². The molecule has 0 heterocycles. The molecule has 0 aliphatic rings. The smallest absolute Gasteiger partial charge is 0.307 e. The van der Waals surface area contributed by atoms with Gasteiger partial charge in [-0.05, 0) is 18.6 Å². The molecule has 0 unspecified atom stereocenters. The second kappa shape index (κ2) is 4.00. The lowest BCUT2D eigenvalue weighted by Crippen LogP contribution is -2.04. The van der Waals surface area contributed by atoms with Crippen molar-refractivity contribution in [3.05, 3.63) is 23.3 Å². The highest BCUT2D eigenvalue weighted by atomic mass is 16.5. The van der Waals surface area contributed by atoms with Crippen molar-refractivity contribution >= 4 is 5.97 Å². The lowest BCUT2D eigenvalue weighted by Gasteiger charge is -2.10. The number of aryl methyl sites for hydroxylation is 1. The molecule has 0 radical (unpaired) electrons. The van der Waals surface area contributed by atoms with Crippen LogP contribution in [0.4, 0.5) is 0 Å². The standard InChI is InChI=1S/C10H12O4/c1-6-3-7(11)4-9(14-2)8(6)5-10(12)13/h3-4,11H,5H2,1-2H3,(H,12,13). The monoisotopic (exact) mass is 196 g/mol. The molecule has 4 heteroatoms. The molecule has 0 aliphatic heterocycles. The van der Waals surface area contributed by atoms with E-state index in [1.54, 1.807) is 6.92 Å². The zero-order valence-corrected chi connectivity index (χ0v) is 8.07. The van der Waals surface area contributed by atoms with Crippen molar-refractivity contribution in [1.82, 2.24) is 0 Å². The molecule has 0 aromatic heterocycles. The van der Waals surface area contributed by atoms with Crippen molar-refractivity contribution in [2.75, 3.05) is 7.11 Å². The van der Waals surface area contributed by atoms with Gasteiger partial charge in [-0.3, -0.25) is 4.79 Å². The first kappa shape index (κ1) is 10.4. The maximum absolute atomic E-state index is 10.6.